The van der Waals surface area contributed by atoms with Crippen molar-refractivity contribution in [3.63, 3.8) is 0 Å². The van der Waals surface area contributed by atoms with Crippen LogP contribution >= 0.6 is 0 Å². The Labute approximate surface area is 77.9 Å². The van der Waals surface area contributed by atoms with Gasteiger partial charge < -0.3 is 5.32 Å². The van der Waals surface area contributed by atoms with Crippen molar-refractivity contribution in [3.05, 3.63) is 0 Å². The Kier molecular flexibility index (Phi) is 5.56. The normalized spacial score (nSPS) is 12.5. The lowest BCUT2D eigenvalue weighted by atomic mass is 9.98. The molecule has 0 rings (SSSR count). The first kappa shape index (κ1) is 12.0. The smallest absolute Gasteiger partial charge is 0.0122 e. The highest BCUT2D eigenvalue weighted by molar-refractivity contribution is 4.76. The zero-order valence-corrected chi connectivity index (χ0v) is 9.41. The quantitative estimate of drug-likeness (QED) is 0.647. The Bertz CT molecular complexity index is 104. The van der Waals surface area contributed by atoms with Crippen molar-refractivity contribution < 1.29 is 0 Å². The van der Waals surface area contributed by atoms with Crippen LogP contribution in [-0.2, 0) is 0 Å². The second-order valence-electron chi connectivity index (χ2n) is 4.30. The Balaban J connectivity index is 3.65. The fraction of sp³-hybridized carbons (Fsp3) is 1.00. The van der Waals surface area contributed by atoms with E-state index in [1.54, 1.807) is 0 Å². The average molecular weight is 171 g/mol. The van der Waals surface area contributed by atoms with E-state index >= 15 is 0 Å². The number of rotatable bonds is 6. The van der Waals surface area contributed by atoms with E-state index in [1.165, 1.54) is 25.8 Å². The average Bonchev–Trinajstić information content (AvgIpc) is 2.06. The number of nitrogens with one attached hydrogen (secondary N) is 1. The molecule has 1 nitrogen and oxygen atoms in total. The SMILES string of the molecule is CCC(CC)CNC(C)(C)CC. The first-order valence-electron chi connectivity index (χ1n) is 5.30. The molecule has 0 unspecified atom stereocenters. The fourth-order valence-electron chi connectivity index (χ4n) is 1.12. The Morgan fingerprint density at radius 3 is 1.92 bits per heavy atom. The minimum absolute atomic E-state index is 0.322. The Hall–Kier alpha value is -0.0400. The maximum atomic E-state index is 3.61. The molecule has 0 spiro atoms. The molecular formula is C11H25N. The molecule has 0 fully saturated rings. The zero-order valence-electron chi connectivity index (χ0n) is 9.41. The summed E-state index contributed by atoms with van der Waals surface area (Å²) in [7, 11) is 0. The summed E-state index contributed by atoms with van der Waals surface area (Å²) >= 11 is 0. The van der Waals surface area contributed by atoms with Gasteiger partial charge in [0.1, 0.15) is 0 Å². The molecule has 0 amide bonds. The molecule has 0 aliphatic carbocycles. The van der Waals surface area contributed by atoms with Crippen LogP contribution in [0.4, 0.5) is 0 Å². The Morgan fingerprint density at radius 1 is 1.08 bits per heavy atom. The second-order valence-corrected chi connectivity index (χ2v) is 4.30. The fourth-order valence-corrected chi connectivity index (χ4v) is 1.12. The summed E-state index contributed by atoms with van der Waals surface area (Å²) in [5.74, 6) is 0.857. The molecule has 0 aromatic rings. The lowest BCUT2D eigenvalue weighted by molar-refractivity contribution is 0.329. The molecule has 0 radical (unpaired) electrons. The second kappa shape index (κ2) is 5.58. The minimum atomic E-state index is 0.322. The standard InChI is InChI=1S/C11H25N/c1-6-10(7-2)9-12-11(4,5)8-3/h10,12H,6-9H2,1-5H3. The van der Waals surface area contributed by atoms with Crippen LogP contribution in [0, 0.1) is 5.92 Å². The summed E-state index contributed by atoms with van der Waals surface area (Å²) in [6, 6.07) is 0. The lowest BCUT2D eigenvalue weighted by Crippen LogP contribution is -2.41. The highest BCUT2D eigenvalue weighted by Crippen LogP contribution is 2.11. The van der Waals surface area contributed by atoms with Crippen molar-refractivity contribution in [2.24, 2.45) is 5.92 Å². The molecule has 0 heterocycles. The van der Waals surface area contributed by atoms with E-state index in [0.717, 1.165) is 5.92 Å². The van der Waals surface area contributed by atoms with E-state index in [1.807, 2.05) is 0 Å². The molecular weight excluding hydrogens is 146 g/mol. The lowest BCUT2D eigenvalue weighted by Gasteiger charge is -2.27. The minimum Gasteiger partial charge on any atom is -0.312 e. The van der Waals surface area contributed by atoms with E-state index in [9.17, 15) is 0 Å². The van der Waals surface area contributed by atoms with E-state index < -0.39 is 0 Å². The van der Waals surface area contributed by atoms with Gasteiger partial charge in [-0.2, -0.15) is 0 Å². The van der Waals surface area contributed by atoms with Crippen LogP contribution in [-0.4, -0.2) is 12.1 Å². The first-order chi connectivity index (χ1) is 5.55. The molecule has 0 aromatic carbocycles. The molecule has 1 heteroatoms. The van der Waals surface area contributed by atoms with Gasteiger partial charge in [0.2, 0.25) is 0 Å². The van der Waals surface area contributed by atoms with Crippen molar-refractivity contribution >= 4 is 0 Å². The van der Waals surface area contributed by atoms with Gasteiger partial charge in [-0.05, 0) is 32.7 Å². The third kappa shape index (κ3) is 4.76. The van der Waals surface area contributed by atoms with Gasteiger partial charge in [-0.15, -0.1) is 0 Å². The van der Waals surface area contributed by atoms with E-state index in [2.05, 4.69) is 39.9 Å². The van der Waals surface area contributed by atoms with Crippen LogP contribution in [0.15, 0.2) is 0 Å². The summed E-state index contributed by atoms with van der Waals surface area (Å²) in [5.41, 5.74) is 0.322. The molecule has 0 aliphatic heterocycles. The van der Waals surface area contributed by atoms with Gasteiger partial charge in [-0.1, -0.05) is 33.6 Å². The van der Waals surface area contributed by atoms with Gasteiger partial charge in [0.25, 0.3) is 0 Å². The van der Waals surface area contributed by atoms with Gasteiger partial charge in [0.15, 0.2) is 0 Å². The number of hydrogen-bond acceptors (Lipinski definition) is 1. The van der Waals surface area contributed by atoms with Crippen LogP contribution in [0.3, 0.4) is 0 Å². The van der Waals surface area contributed by atoms with E-state index in [-0.39, 0.29) is 0 Å². The predicted molar refractivity (Wildman–Crippen MR) is 56.4 cm³/mol. The van der Waals surface area contributed by atoms with Crippen molar-refractivity contribution in [2.45, 2.75) is 59.4 Å². The molecule has 0 bridgehead atoms. The maximum Gasteiger partial charge on any atom is 0.0122 e. The summed E-state index contributed by atoms with van der Waals surface area (Å²) in [6.07, 6.45) is 3.79. The van der Waals surface area contributed by atoms with Gasteiger partial charge >= 0.3 is 0 Å². The van der Waals surface area contributed by atoms with Gasteiger partial charge in [-0.25, -0.2) is 0 Å². The van der Waals surface area contributed by atoms with Crippen molar-refractivity contribution in [3.8, 4) is 0 Å². The van der Waals surface area contributed by atoms with Crippen molar-refractivity contribution in [1.82, 2.24) is 5.32 Å². The van der Waals surface area contributed by atoms with E-state index in [4.69, 9.17) is 0 Å². The van der Waals surface area contributed by atoms with Crippen LogP contribution in [0.25, 0.3) is 0 Å². The third-order valence-electron chi connectivity index (χ3n) is 2.91. The van der Waals surface area contributed by atoms with Crippen LogP contribution in [0.1, 0.15) is 53.9 Å². The van der Waals surface area contributed by atoms with Gasteiger partial charge in [0, 0.05) is 5.54 Å². The topological polar surface area (TPSA) is 12.0 Å². The monoisotopic (exact) mass is 171 g/mol. The molecule has 0 saturated heterocycles. The molecule has 12 heavy (non-hydrogen) atoms. The molecule has 0 aliphatic rings. The van der Waals surface area contributed by atoms with Crippen molar-refractivity contribution in [1.29, 1.82) is 0 Å². The highest BCUT2D eigenvalue weighted by Gasteiger charge is 2.14. The maximum absolute atomic E-state index is 3.61. The van der Waals surface area contributed by atoms with Gasteiger partial charge in [0.05, 0.1) is 0 Å². The first-order valence-corrected chi connectivity index (χ1v) is 5.30. The van der Waals surface area contributed by atoms with Crippen molar-refractivity contribution in [2.75, 3.05) is 6.54 Å². The summed E-state index contributed by atoms with van der Waals surface area (Å²) in [5, 5.41) is 3.61. The van der Waals surface area contributed by atoms with Crippen LogP contribution in [0.2, 0.25) is 0 Å². The predicted octanol–water partition coefficient (Wildman–Crippen LogP) is 3.20. The largest absolute Gasteiger partial charge is 0.312 e. The van der Waals surface area contributed by atoms with Gasteiger partial charge in [-0.3, -0.25) is 0 Å². The molecule has 0 saturated carbocycles. The molecule has 74 valence electrons. The summed E-state index contributed by atoms with van der Waals surface area (Å²) in [4.78, 5) is 0. The molecule has 1 N–H and O–H groups in total. The van der Waals surface area contributed by atoms with E-state index in [0.29, 0.717) is 5.54 Å². The summed E-state index contributed by atoms with van der Waals surface area (Å²) < 4.78 is 0. The molecule has 0 aromatic heterocycles. The molecule has 0 atom stereocenters. The summed E-state index contributed by atoms with van der Waals surface area (Å²) in [6.45, 7) is 12.5. The third-order valence-corrected chi connectivity index (χ3v) is 2.91. The van der Waals surface area contributed by atoms with Crippen LogP contribution in [0.5, 0.6) is 0 Å². The highest BCUT2D eigenvalue weighted by atomic mass is 14.9. The van der Waals surface area contributed by atoms with Crippen LogP contribution < -0.4 is 5.32 Å². The Morgan fingerprint density at radius 2 is 1.58 bits per heavy atom. The zero-order chi connectivity index (χ0) is 9.61. The number of hydrogen-bond donors (Lipinski definition) is 1.